The largest absolute Gasteiger partial charge is 0.388 e. The number of hydrogen-bond donors (Lipinski definition) is 2. The number of halogens is 1. The van der Waals surface area contributed by atoms with Gasteiger partial charge in [-0.15, -0.1) is 0 Å². The Kier molecular flexibility index (Phi) is 3.47. The third-order valence-corrected chi connectivity index (χ3v) is 2.74. The van der Waals surface area contributed by atoms with Crippen molar-refractivity contribution in [1.29, 1.82) is 0 Å². The number of aromatic nitrogens is 2. The predicted octanol–water partition coefficient (Wildman–Crippen LogP) is 1.76. The van der Waals surface area contributed by atoms with Gasteiger partial charge in [0.15, 0.2) is 11.0 Å². The van der Waals surface area contributed by atoms with Crippen LogP contribution in [-0.2, 0) is 0 Å². The SMILES string of the molecule is CCC(C)(O)CNc1nsnc1Cl. The summed E-state index contributed by atoms with van der Waals surface area (Å²) in [5.74, 6) is 0.542. The Hall–Kier alpha value is -0.390. The van der Waals surface area contributed by atoms with Crippen molar-refractivity contribution in [1.82, 2.24) is 8.75 Å². The maximum absolute atomic E-state index is 9.66. The maximum atomic E-state index is 9.66. The highest BCUT2D eigenvalue weighted by Crippen LogP contribution is 2.19. The fourth-order valence-corrected chi connectivity index (χ4v) is 1.37. The number of nitrogens with one attached hydrogen (secondary N) is 1. The van der Waals surface area contributed by atoms with E-state index in [4.69, 9.17) is 11.6 Å². The first-order valence-corrected chi connectivity index (χ1v) is 5.10. The predicted molar refractivity (Wildman–Crippen MR) is 54.3 cm³/mol. The van der Waals surface area contributed by atoms with E-state index in [0.717, 1.165) is 11.7 Å². The monoisotopic (exact) mass is 221 g/mol. The molecule has 0 saturated heterocycles. The summed E-state index contributed by atoms with van der Waals surface area (Å²) in [5, 5.41) is 13.0. The summed E-state index contributed by atoms with van der Waals surface area (Å²) in [5.41, 5.74) is -0.729. The number of nitrogens with zero attached hydrogens (tertiary/aromatic N) is 2. The highest BCUT2D eigenvalue weighted by Gasteiger charge is 2.18. The maximum Gasteiger partial charge on any atom is 0.186 e. The van der Waals surface area contributed by atoms with E-state index in [1.54, 1.807) is 6.92 Å². The molecule has 1 atom stereocenters. The van der Waals surface area contributed by atoms with Crippen molar-refractivity contribution >= 4 is 29.1 Å². The fraction of sp³-hybridized carbons (Fsp3) is 0.714. The summed E-state index contributed by atoms with van der Waals surface area (Å²) >= 11 is 6.75. The first kappa shape index (κ1) is 10.7. The van der Waals surface area contributed by atoms with E-state index in [-0.39, 0.29) is 0 Å². The second-order valence-corrected chi connectivity index (χ2v) is 3.99. The van der Waals surface area contributed by atoms with Gasteiger partial charge in [0.05, 0.1) is 17.3 Å². The Bertz CT molecular complexity index is 276. The molecule has 2 N–H and O–H groups in total. The lowest BCUT2D eigenvalue weighted by atomic mass is 10.0. The minimum atomic E-state index is -0.729. The van der Waals surface area contributed by atoms with Crippen molar-refractivity contribution in [3.05, 3.63) is 5.15 Å². The first-order chi connectivity index (χ1) is 6.05. The summed E-state index contributed by atoms with van der Waals surface area (Å²) in [6.45, 7) is 4.10. The molecule has 6 heteroatoms. The standard InChI is InChI=1S/C7H12ClN3OS/c1-3-7(2,12)4-9-6-5(8)10-13-11-6/h12H,3-4H2,1-2H3,(H,9,11). The zero-order valence-corrected chi connectivity index (χ0v) is 9.11. The molecule has 4 nitrogen and oxygen atoms in total. The van der Waals surface area contributed by atoms with E-state index in [0.29, 0.717) is 23.9 Å². The smallest absolute Gasteiger partial charge is 0.186 e. The van der Waals surface area contributed by atoms with Crippen molar-refractivity contribution < 1.29 is 5.11 Å². The quantitative estimate of drug-likeness (QED) is 0.814. The van der Waals surface area contributed by atoms with Gasteiger partial charge in [0.25, 0.3) is 0 Å². The van der Waals surface area contributed by atoms with Gasteiger partial charge in [0, 0.05) is 6.54 Å². The molecule has 0 spiro atoms. The molecule has 0 aliphatic rings. The number of rotatable bonds is 4. The lowest BCUT2D eigenvalue weighted by Gasteiger charge is -2.21. The van der Waals surface area contributed by atoms with Crippen LogP contribution in [0.4, 0.5) is 5.82 Å². The molecular formula is C7H12ClN3OS. The Labute approximate surface area is 86.3 Å². The van der Waals surface area contributed by atoms with Crippen LogP contribution in [0, 0.1) is 0 Å². The molecule has 13 heavy (non-hydrogen) atoms. The number of anilines is 1. The van der Waals surface area contributed by atoms with Crippen molar-refractivity contribution in [3.8, 4) is 0 Å². The molecule has 0 bridgehead atoms. The van der Waals surface area contributed by atoms with Crippen molar-refractivity contribution in [2.24, 2.45) is 0 Å². The van der Waals surface area contributed by atoms with Crippen LogP contribution >= 0.6 is 23.3 Å². The number of aliphatic hydroxyl groups is 1. The van der Waals surface area contributed by atoms with Crippen LogP contribution in [0.25, 0.3) is 0 Å². The lowest BCUT2D eigenvalue weighted by molar-refractivity contribution is 0.0697. The second-order valence-electron chi connectivity index (χ2n) is 3.11. The Morgan fingerprint density at radius 3 is 2.77 bits per heavy atom. The van der Waals surface area contributed by atoms with Crippen LogP contribution in [0.1, 0.15) is 20.3 Å². The molecule has 0 amide bonds. The Morgan fingerprint density at radius 2 is 2.31 bits per heavy atom. The van der Waals surface area contributed by atoms with E-state index in [1.807, 2.05) is 6.92 Å². The zero-order chi connectivity index (χ0) is 9.90. The van der Waals surface area contributed by atoms with Crippen molar-refractivity contribution in [2.75, 3.05) is 11.9 Å². The molecule has 1 unspecified atom stereocenters. The van der Waals surface area contributed by atoms with Crippen LogP contribution in [0.15, 0.2) is 0 Å². The van der Waals surface area contributed by atoms with Crippen LogP contribution in [0.2, 0.25) is 5.15 Å². The van der Waals surface area contributed by atoms with E-state index >= 15 is 0 Å². The molecule has 1 aromatic rings. The van der Waals surface area contributed by atoms with Crippen LogP contribution < -0.4 is 5.32 Å². The molecule has 1 aromatic heterocycles. The summed E-state index contributed by atoms with van der Waals surface area (Å²) in [6.07, 6.45) is 0.676. The summed E-state index contributed by atoms with van der Waals surface area (Å²) in [6, 6.07) is 0. The highest BCUT2D eigenvalue weighted by molar-refractivity contribution is 6.99. The molecule has 0 aromatic carbocycles. The fourth-order valence-electron chi connectivity index (χ4n) is 0.682. The minimum absolute atomic E-state index is 0.358. The van der Waals surface area contributed by atoms with Crippen molar-refractivity contribution in [2.45, 2.75) is 25.9 Å². The van der Waals surface area contributed by atoms with Gasteiger partial charge >= 0.3 is 0 Å². The minimum Gasteiger partial charge on any atom is -0.388 e. The highest BCUT2D eigenvalue weighted by atomic mass is 35.5. The van der Waals surface area contributed by atoms with Gasteiger partial charge in [-0.3, -0.25) is 0 Å². The van der Waals surface area contributed by atoms with Crippen molar-refractivity contribution in [3.63, 3.8) is 0 Å². The van der Waals surface area contributed by atoms with Gasteiger partial charge in [-0.2, -0.15) is 8.75 Å². The summed E-state index contributed by atoms with van der Waals surface area (Å²) in [7, 11) is 0. The molecule has 0 radical (unpaired) electrons. The molecule has 0 fully saturated rings. The van der Waals surface area contributed by atoms with Gasteiger partial charge in [0.1, 0.15) is 0 Å². The average molecular weight is 222 g/mol. The summed E-state index contributed by atoms with van der Waals surface area (Å²) in [4.78, 5) is 0. The number of hydrogen-bond acceptors (Lipinski definition) is 5. The normalized spacial score (nSPS) is 15.4. The average Bonchev–Trinajstić information content (AvgIpc) is 2.48. The molecule has 0 saturated carbocycles. The molecule has 1 rings (SSSR count). The topological polar surface area (TPSA) is 58.0 Å². The van der Waals surface area contributed by atoms with Crippen LogP contribution in [0.3, 0.4) is 0 Å². The van der Waals surface area contributed by atoms with Gasteiger partial charge in [-0.1, -0.05) is 18.5 Å². The molecule has 0 aliphatic heterocycles. The van der Waals surface area contributed by atoms with Gasteiger partial charge in [0.2, 0.25) is 0 Å². The zero-order valence-electron chi connectivity index (χ0n) is 7.54. The van der Waals surface area contributed by atoms with Gasteiger partial charge < -0.3 is 10.4 Å². The molecule has 1 heterocycles. The summed E-state index contributed by atoms with van der Waals surface area (Å²) < 4.78 is 7.72. The van der Waals surface area contributed by atoms with E-state index in [2.05, 4.69) is 14.1 Å². The van der Waals surface area contributed by atoms with Crippen LogP contribution in [0.5, 0.6) is 0 Å². The Balaban J connectivity index is 2.48. The van der Waals surface area contributed by atoms with Gasteiger partial charge in [-0.05, 0) is 13.3 Å². The van der Waals surface area contributed by atoms with E-state index in [1.165, 1.54) is 0 Å². The second kappa shape index (κ2) is 4.21. The first-order valence-electron chi connectivity index (χ1n) is 3.99. The third-order valence-electron chi connectivity index (χ3n) is 1.85. The third kappa shape index (κ3) is 3.10. The van der Waals surface area contributed by atoms with Gasteiger partial charge in [-0.25, -0.2) is 0 Å². The Morgan fingerprint density at radius 1 is 1.62 bits per heavy atom. The van der Waals surface area contributed by atoms with E-state index < -0.39 is 5.60 Å². The lowest BCUT2D eigenvalue weighted by Crippen LogP contribution is -2.32. The molecule has 0 aliphatic carbocycles. The molecular weight excluding hydrogens is 210 g/mol. The van der Waals surface area contributed by atoms with Crippen LogP contribution in [-0.4, -0.2) is 26.0 Å². The molecule has 74 valence electrons. The van der Waals surface area contributed by atoms with E-state index in [9.17, 15) is 5.11 Å².